The summed E-state index contributed by atoms with van der Waals surface area (Å²) in [5.74, 6) is 0.427. The zero-order chi connectivity index (χ0) is 11.4. The van der Waals surface area contributed by atoms with Crippen LogP contribution in [0.2, 0.25) is 0 Å². The third kappa shape index (κ3) is 3.61. The highest BCUT2D eigenvalue weighted by Gasteiger charge is 2.13. The van der Waals surface area contributed by atoms with E-state index in [0.29, 0.717) is 11.7 Å². The maximum Gasteiger partial charge on any atom is 0.328 e. The molecule has 1 atom stereocenters. The normalized spacial score (nSPS) is 12.8. The average Bonchev–Trinajstić information content (AvgIpc) is 2.50. The van der Waals surface area contributed by atoms with Crippen LogP contribution in [0.3, 0.4) is 0 Å². The van der Waals surface area contributed by atoms with Gasteiger partial charge in [0.05, 0.1) is 0 Å². The van der Waals surface area contributed by atoms with E-state index >= 15 is 0 Å². The van der Waals surface area contributed by atoms with Crippen LogP contribution in [0.1, 0.15) is 20.8 Å². The van der Waals surface area contributed by atoms with Gasteiger partial charge in [0.2, 0.25) is 0 Å². The van der Waals surface area contributed by atoms with E-state index in [1.165, 1.54) is 4.68 Å². The minimum atomic E-state index is -0.292. The van der Waals surface area contributed by atoms with Crippen LogP contribution >= 0.6 is 0 Å². The Balaban J connectivity index is 2.43. The Labute approximate surface area is 89.2 Å². The molecule has 5 nitrogen and oxygen atoms in total. The summed E-state index contributed by atoms with van der Waals surface area (Å²) in [6.07, 6.45) is 1.57. The molecular formula is C10H17N3O2. The molecule has 0 bridgehead atoms. The highest BCUT2D eigenvalue weighted by atomic mass is 16.5. The number of rotatable bonds is 4. The first-order valence-electron chi connectivity index (χ1n) is 4.97. The molecule has 84 valence electrons. The van der Waals surface area contributed by atoms with Gasteiger partial charge < -0.3 is 10.5 Å². The summed E-state index contributed by atoms with van der Waals surface area (Å²) >= 11 is 0. The summed E-state index contributed by atoms with van der Waals surface area (Å²) in [6, 6.07) is 1.64. The molecule has 1 rings (SSSR count). The second-order valence-electron chi connectivity index (χ2n) is 3.88. The van der Waals surface area contributed by atoms with Crippen molar-refractivity contribution in [3.8, 4) is 0 Å². The molecule has 2 N–H and O–H groups in total. The van der Waals surface area contributed by atoms with Gasteiger partial charge in [-0.3, -0.25) is 9.48 Å². The summed E-state index contributed by atoms with van der Waals surface area (Å²) in [6.45, 7) is 5.99. The van der Waals surface area contributed by atoms with Gasteiger partial charge in [0, 0.05) is 6.20 Å². The summed E-state index contributed by atoms with van der Waals surface area (Å²) in [4.78, 5) is 11.4. The zero-order valence-electron chi connectivity index (χ0n) is 9.30. The highest BCUT2D eigenvalue weighted by Crippen LogP contribution is 2.06. The van der Waals surface area contributed by atoms with E-state index in [1.807, 2.05) is 20.8 Å². The standard InChI is InChI=1S/C10H17N3O2/c1-7(2)8(3)15-10(14)6-13-5-4-9(11)12-13/h4-5,7-8H,6H2,1-3H3,(H2,11,12). The molecule has 15 heavy (non-hydrogen) atoms. The minimum Gasteiger partial charge on any atom is -0.461 e. The van der Waals surface area contributed by atoms with Crippen LogP contribution in [0.4, 0.5) is 5.82 Å². The summed E-state index contributed by atoms with van der Waals surface area (Å²) in [5.41, 5.74) is 5.42. The van der Waals surface area contributed by atoms with Gasteiger partial charge in [-0.25, -0.2) is 0 Å². The van der Waals surface area contributed by atoms with Gasteiger partial charge in [-0.15, -0.1) is 0 Å². The largest absolute Gasteiger partial charge is 0.461 e. The fourth-order valence-electron chi connectivity index (χ4n) is 0.978. The molecule has 0 saturated heterocycles. The van der Waals surface area contributed by atoms with Crippen LogP contribution < -0.4 is 5.73 Å². The molecule has 1 aromatic rings. The van der Waals surface area contributed by atoms with E-state index in [1.54, 1.807) is 12.3 Å². The number of nitrogens with zero attached hydrogens (tertiary/aromatic N) is 2. The Morgan fingerprint density at radius 1 is 1.60 bits per heavy atom. The monoisotopic (exact) mass is 211 g/mol. The van der Waals surface area contributed by atoms with Crippen molar-refractivity contribution in [2.75, 3.05) is 5.73 Å². The second kappa shape index (κ2) is 4.82. The third-order valence-corrected chi connectivity index (χ3v) is 2.21. The van der Waals surface area contributed by atoms with Crippen molar-refractivity contribution < 1.29 is 9.53 Å². The molecular weight excluding hydrogens is 194 g/mol. The number of nitrogens with two attached hydrogens (primary N) is 1. The zero-order valence-corrected chi connectivity index (χ0v) is 9.30. The second-order valence-corrected chi connectivity index (χ2v) is 3.88. The van der Waals surface area contributed by atoms with Crippen LogP contribution in [0.15, 0.2) is 12.3 Å². The number of hydrogen-bond donors (Lipinski definition) is 1. The average molecular weight is 211 g/mol. The predicted octanol–water partition coefficient (Wildman–Crippen LogP) is 1.05. The number of ether oxygens (including phenoxy) is 1. The fourth-order valence-corrected chi connectivity index (χ4v) is 0.978. The van der Waals surface area contributed by atoms with Crippen LogP contribution in [0.25, 0.3) is 0 Å². The lowest BCUT2D eigenvalue weighted by molar-refractivity contribution is -0.151. The summed E-state index contributed by atoms with van der Waals surface area (Å²) < 4.78 is 6.65. The first-order chi connectivity index (χ1) is 6.99. The number of nitrogen functional groups attached to an aromatic ring is 1. The molecule has 0 saturated carbocycles. The number of carbonyl (C=O) groups is 1. The minimum absolute atomic E-state index is 0.0783. The lowest BCUT2D eigenvalue weighted by atomic mass is 10.1. The maximum absolute atomic E-state index is 11.4. The summed E-state index contributed by atoms with van der Waals surface area (Å²) in [5, 5.41) is 3.90. The highest BCUT2D eigenvalue weighted by molar-refractivity contribution is 5.69. The van der Waals surface area contributed by atoms with Crippen molar-refractivity contribution in [2.45, 2.75) is 33.4 Å². The number of carbonyl (C=O) groups excluding carboxylic acids is 1. The quantitative estimate of drug-likeness (QED) is 0.756. The maximum atomic E-state index is 11.4. The van der Waals surface area contributed by atoms with Crippen molar-refractivity contribution >= 4 is 11.8 Å². The van der Waals surface area contributed by atoms with E-state index in [0.717, 1.165) is 0 Å². The Hall–Kier alpha value is -1.52. The lowest BCUT2D eigenvalue weighted by Gasteiger charge is -2.16. The molecule has 1 heterocycles. The van der Waals surface area contributed by atoms with Crippen molar-refractivity contribution in [3.05, 3.63) is 12.3 Å². The van der Waals surface area contributed by atoms with Crippen molar-refractivity contribution in [3.63, 3.8) is 0 Å². The van der Waals surface area contributed by atoms with Crippen molar-refractivity contribution in [1.29, 1.82) is 0 Å². The molecule has 5 heteroatoms. The molecule has 0 spiro atoms. The van der Waals surface area contributed by atoms with Gasteiger partial charge in [-0.05, 0) is 18.9 Å². The number of hydrogen-bond acceptors (Lipinski definition) is 4. The van der Waals surface area contributed by atoms with Crippen LogP contribution in [0, 0.1) is 5.92 Å². The number of anilines is 1. The van der Waals surface area contributed by atoms with E-state index < -0.39 is 0 Å². The number of aromatic nitrogens is 2. The predicted molar refractivity (Wildman–Crippen MR) is 57.0 cm³/mol. The Morgan fingerprint density at radius 3 is 2.73 bits per heavy atom. The van der Waals surface area contributed by atoms with Gasteiger partial charge in [0.25, 0.3) is 0 Å². The van der Waals surface area contributed by atoms with E-state index in [-0.39, 0.29) is 18.6 Å². The SMILES string of the molecule is CC(C)C(C)OC(=O)Cn1ccc(N)n1. The molecule has 0 aromatic carbocycles. The van der Waals surface area contributed by atoms with Gasteiger partial charge in [-0.2, -0.15) is 5.10 Å². The molecule has 0 aliphatic rings. The first-order valence-corrected chi connectivity index (χ1v) is 4.97. The molecule has 0 amide bonds. The first kappa shape index (κ1) is 11.6. The van der Waals surface area contributed by atoms with Gasteiger partial charge in [0.1, 0.15) is 18.5 Å². The van der Waals surface area contributed by atoms with E-state index in [2.05, 4.69) is 5.10 Å². The Kier molecular flexibility index (Phi) is 3.71. The molecule has 1 aromatic heterocycles. The van der Waals surface area contributed by atoms with E-state index in [4.69, 9.17) is 10.5 Å². The van der Waals surface area contributed by atoms with Crippen molar-refractivity contribution in [2.24, 2.45) is 5.92 Å². The Bertz CT molecular complexity index is 333. The molecule has 0 fully saturated rings. The van der Waals surface area contributed by atoms with E-state index in [9.17, 15) is 4.79 Å². The topological polar surface area (TPSA) is 70.1 Å². The molecule has 0 aliphatic heterocycles. The van der Waals surface area contributed by atoms with Gasteiger partial charge in [0.15, 0.2) is 0 Å². The smallest absolute Gasteiger partial charge is 0.328 e. The van der Waals surface area contributed by atoms with Crippen molar-refractivity contribution in [1.82, 2.24) is 9.78 Å². The lowest BCUT2D eigenvalue weighted by Crippen LogP contribution is -2.23. The number of esters is 1. The van der Waals surface area contributed by atoms with Crippen LogP contribution in [-0.2, 0) is 16.1 Å². The molecule has 0 radical (unpaired) electrons. The van der Waals surface area contributed by atoms with Gasteiger partial charge in [-0.1, -0.05) is 13.8 Å². The Morgan fingerprint density at radius 2 is 2.27 bits per heavy atom. The summed E-state index contributed by atoms with van der Waals surface area (Å²) in [7, 11) is 0. The fraction of sp³-hybridized carbons (Fsp3) is 0.600. The third-order valence-electron chi connectivity index (χ3n) is 2.21. The molecule has 0 aliphatic carbocycles. The van der Waals surface area contributed by atoms with Crippen LogP contribution in [-0.4, -0.2) is 21.9 Å². The molecule has 1 unspecified atom stereocenters. The van der Waals surface area contributed by atoms with Gasteiger partial charge >= 0.3 is 5.97 Å². The van der Waals surface area contributed by atoms with Crippen LogP contribution in [0.5, 0.6) is 0 Å².